The molecule has 0 atom stereocenters. The fraction of sp³-hybridized carbons (Fsp3) is 0.0455. The average molecular weight is 326 g/mol. The van der Waals surface area contributed by atoms with Crippen molar-refractivity contribution in [3.05, 3.63) is 85.1 Å². The van der Waals surface area contributed by atoms with Crippen LogP contribution in [0, 0.1) is 0 Å². The molecule has 0 saturated heterocycles. The summed E-state index contributed by atoms with van der Waals surface area (Å²) in [5, 5.41) is 0. The Kier molecular flexibility index (Phi) is 4.05. The Morgan fingerprint density at radius 3 is 2.12 bits per heavy atom. The van der Waals surface area contributed by atoms with Crippen molar-refractivity contribution in [1.29, 1.82) is 0 Å². The van der Waals surface area contributed by atoms with Crippen molar-refractivity contribution in [3.8, 4) is 39.5 Å². The van der Waals surface area contributed by atoms with E-state index in [0.717, 1.165) is 39.5 Å². The zero-order valence-electron chi connectivity index (χ0n) is 13.9. The lowest BCUT2D eigenvalue weighted by Gasteiger charge is -2.10. The van der Waals surface area contributed by atoms with E-state index in [1.807, 2.05) is 48.7 Å². The van der Waals surface area contributed by atoms with Crippen LogP contribution in [0.25, 0.3) is 33.8 Å². The highest BCUT2D eigenvalue weighted by atomic mass is 16.5. The number of aromatic nitrogens is 2. The number of nitrogens with zero attached hydrogens (tertiary/aromatic N) is 1. The van der Waals surface area contributed by atoms with E-state index in [-0.39, 0.29) is 0 Å². The minimum atomic E-state index is 0.831. The lowest BCUT2D eigenvalue weighted by Crippen LogP contribution is -1.90. The second-order valence-electron chi connectivity index (χ2n) is 5.79. The third-order valence-corrected chi connectivity index (χ3v) is 4.23. The molecule has 1 N–H and O–H groups in total. The van der Waals surface area contributed by atoms with Crippen LogP contribution in [0.3, 0.4) is 0 Å². The molecule has 0 fully saturated rings. The summed E-state index contributed by atoms with van der Waals surface area (Å²) in [5.41, 5.74) is 5.40. The van der Waals surface area contributed by atoms with E-state index < -0.39 is 0 Å². The zero-order valence-corrected chi connectivity index (χ0v) is 13.9. The fourth-order valence-corrected chi connectivity index (χ4v) is 2.94. The van der Waals surface area contributed by atoms with Crippen molar-refractivity contribution in [3.63, 3.8) is 0 Å². The topological polar surface area (TPSA) is 37.9 Å². The van der Waals surface area contributed by atoms with E-state index in [1.165, 1.54) is 0 Å². The van der Waals surface area contributed by atoms with Crippen LogP contribution in [0.5, 0.6) is 5.75 Å². The standard InChI is InChI=1S/C22H18N2O/c1-25-18-12-13-19(20(14-18)16-8-4-2-5-9-16)22-23-15-21(24-22)17-10-6-3-7-11-17/h2-15H,1H3,(H,23,24). The van der Waals surface area contributed by atoms with Crippen LogP contribution in [-0.2, 0) is 0 Å². The summed E-state index contributed by atoms with van der Waals surface area (Å²) < 4.78 is 5.41. The maximum Gasteiger partial charge on any atom is 0.138 e. The van der Waals surface area contributed by atoms with Crippen molar-refractivity contribution in [2.24, 2.45) is 0 Å². The first kappa shape index (κ1) is 15.2. The van der Waals surface area contributed by atoms with Gasteiger partial charge in [0.2, 0.25) is 0 Å². The fourth-order valence-electron chi connectivity index (χ4n) is 2.94. The molecule has 4 aromatic rings. The van der Waals surface area contributed by atoms with E-state index in [2.05, 4.69) is 46.4 Å². The van der Waals surface area contributed by atoms with Crippen molar-refractivity contribution in [2.45, 2.75) is 0 Å². The molecule has 1 heterocycles. The van der Waals surface area contributed by atoms with Crippen LogP contribution in [0.1, 0.15) is 0 Å². The number of hydrogen-bond donors (Lipinski definition) is 1. The van der Waals surface area contributed by atoms with Gasteiger partial charge in [0.25, 0.3) is 0 Å². The number of rotatable bonds is 4. The van der Waals surface area contributed by atoms with Crippen LogP contribution >= 0.6 is 0 Å². The van der Waals surface area contributed by atoms with E-state index in [1.54, 1.807) is 7.11 Å². The molecule has 3 heteroatoms. The predicted molar refractivity (Wildman–Crippen MR) is 101 cm³/mol. The maximum absolute atomic E-state index is 5.41. The molecule has 0 aliphatic carbocycles. The molecule has 0 unspecified atom stereocenters. The Labute approximate surface area is 147 Å². The molecule has 0 amide bonds. The Morgan fingerprint density at radius 2 is 1.44 bits per heavy atom. The van der Waals surface area contributed by atoms with Gasteiger partial charge < -0.3 is 9.72 Å². The Balaban J connectivity index is 1.82. The summed E-state index contributed by atoms with van der Waals surface area (Å²) in [5.74, 6) is 1.68. The highest BCUT2D eigenvalue weighted by molar-refractivity contribution is 5.82. The Morgan fingerprint density at radius 1 is 0.760 bits per heavy atom. The van der Waals surface area contributed by atoms with E-state index in [0.29, 0.717) is 0 Å². The van der Waals surface area contributed by atoms with E-state index in [9.17, 15) is 0 Å². The summed E-state index contributed by atoms with van der Waals surface area (Å²) in [4.78, 5) is 8.05. The monoisotopic (exact) mass is 326 g/mol. The quantitative estimate of drug-likeness (QED) is 0.544. The Hall–Kier alpha value is -3.33. The number of H-pyrrole nitrogens is 1. The minimum Gasteiger partial charge on any atom is -0.497 e. The number of hydrogen-bond acceptors (Lipinski definition) is 2. The highest BCUT2D eigenvalue weighted by Gasteiger charge is 2.12. The van der Waals surface area contributed by atoms with Gasteiger partial charge >= 0.3 is 0 Å². The highest BCUT2D eigenvalue weighted by Crippen LogP contribution is 2.34. The second kappa shape index (κ2) is 6.65. The second-order valence-corrected chi connectivity index (χ2v) is 5.79. The summed E-state index contributed by atoms with van der Waals surface area (Å²) in [6, 6.07) is 26.6. The summed E-state index contributed by atoms with van der Waals surface area (Å²) in [6.45, 7) is 0. The molecule has 3 aromatic carbocycles. The smallest absolute Gasteiger partial charge is 0.138 e. The van der Waals surface area contributed by atoms with Gasteiger partial charge in [-0.3, -0.25) is 0 Å². The van der Waals surface area contributed by atoms with Gasteiger partial charge in [-0.15, -0.1) is 0 Å². The number of imidazole rings is 1. The molecule has 1 aromatic heterocycles. The number of nitrogens with one attached hydrogen (secondary N) is 1. The van der Waals surface area contributed by atoms with Crippen LogP contribution in [-0.4, -0.2) is 17.1 Å². The number of benzene rings is 3. The minimum absolute atomic E-state index is 0.831. The molecule has 0 aliphatic heterocycles. The van der Waals surface area contributed by atoms with Crippen molar-refractivity contribution >= 4 is 0 Å². The number of methoxy groups -OCH3 is 1. The van der Waals surface area contributed by atoms with Crippen molar-refractivity contribution in [2.75, 3.05) is 7.11 Å². The summed E-state index contributed by atoms with van der Waals surface area (Å²) in [6.07, 6.45) is 1.88. The first-order valence-corrected chi connectivity index (χ1v) is 8.19. The predicted octanol–water partition coefficient (Wildman–Crippen LogP) is 5.42. The molecule has 122 valence electrons. The van der Waals surface area contributed by atoms with Gasteiger partial charge in [0.05, 0.1) is 19.0 Å². The van der Waals surface area contributed by atoms with Gasteiger partial charge in [0.15, 0.2) is 0 Å². The number of ether oxygens (including phenoxy) is 1. The van der Waals surface area contributed by atoms with Gasteiger partial charge in [0, 0.05) is 5.56 Å². The van der Waals surface area contributed by atoms with Gasteiger partial charge in [-0.25, -0.2) is 4.98 Å². The average Bonchev–Trinajstić information content (AvgIpc) is 3.19. The molecule has 0 saturated carbocycles. The molecule has 0 spiro atoms. The molecule has 4 rings (SSSR count). The molecule has 0 radical (unpaired) electrons. The van der Waals surface area contributed by atoms with Gasteiger partial charge in [-0.1, -0.05) is 60.7 Å². The molecular formula is C22H18N2O. The summed E-state index contributed by atoms with van der Waals surface area (Å²) in [7, 11) is 1.68. The van der Waals surface area contributed by atoms with E-state index in [4.69, 9.17) is 4.74 Å². The largest absolute Gasteiger partial charge is 0.497 e. The van der Waals surface area contributed by atoms with Crippen molar-refractivity contribution in [1.82, 2.24) is 9.97 Å². The molecule has 25 heavy (non-hydrogen) atoms. The number of aromatic amines is 1. The van der Waals surface area contributed by atoms with Crippen LogP contribution in [0.4, 0.5) is 0 Å². The lowest BCUT2D eigenvalue weighted by molar-refractivity contribution is 0.415. The van der Waals surface area contributed by atoms with Crippen molar-refractivity contribution < 1.29 is 4.74 Å². The van der Waals surface area contributed by atoms with Crippen LogP contribution < -0.4 is 4.74 Å². The van der Waals surface area contributed by atoms with Gasteiger partial charge in [0.1, 0.15) is 11.6 Å². The van der Waals surface area contributed by atoms with Crippen LogP contribution in [0.2, 0.25) is 0 Å². The van der Waals surface area contributed by atoms with Gasteiger partial charge in [-0.05, 0) is 34.9 Å². The molecular weight excluding hydrogens is 308 g/mol. The zero-order chi connectivity index (χ0) is 17.1. The first-order valence-electron chi connectivity index (χ1n) is 8.19. The summed E-state index contributed by atoms with van der Waals surface area (Å²) >= 11 is 0. The molecule has 0 bridgehead atoms. The third-order valence-electron chi connectivity index (χ3n) is 4.23. The van der Waals surface area contributed by atoms with Gasteiger partial charge in [-0.2, -0.15) is 0 Å². The third kappa shape index (κ3) is 3.04. The SMILES string of the molecule is COc1ccc(-c2ncc(-c3ccccc3)[nH]2)c(-c2ccccc2)c1. The van der Waals surface area contributed by atoms with Crippen LogP contribution in [0.15, 0.2) is 85.1 Å². The Bertz CT molecular complexity index is 975. The lowest BCUT2D eigenvalue weighted by atomic mass is 9.99. The maximum atomic E-state index is 5.41. The van der Waals surface area contributed by atoms with E-state index >= 15 is 0 Å². The normalized spacial score (nSPS) is 10.6. The molecule has 3 nitrogen and oxygen atoms in total. The first-order chi connectivity index (χ1) is 12.3. The molecule has 0 aliphatic rings.